The van der Waals surface area contributed by atoms with E-state index in [1.54, 1.807) is 40.4 Å². The van der Waals surface area contributed by atoms with Crippen molar-refractivity contribution in [1.29, 1.82) is 0 Å². The Bertz CT molecular complexity index is 5620. The van der Waals surface area contributed by atoms with Crippen LogP contribution in [0.1, 0.15) is 199 Å². The number of aryl methyl sites for hydroxylation is 3. The monoisotopic (exact) mass is 1780 g/mol. The molecule has 0 aliphatic carbocycles. The second-order valence-corrected chi connectivity index (χ2v) is 24.9. The first kappa shape index (κ1) is 116. The summed E-state index contributed by atoms with van der Waals surface area (Å²) >= 11 is 0. The zero-order valence-corrected chi connectivity index (χ0v) is 84.2. The van der Waals surface area contributed by atoms with Crippen LogP contribution in [0, 0.1) is 6.92 Å². The number of hydrogen-bond acceptors (Lipinski definition) is 13. The average molecular weight is 1780 g/mol. The Morgan fingerprint density at radius 1 is 0.333 bits per heavy atom. The lowest BCUT2D eigenvalue weighted by atomic mass is 10.1. The Hall–Kier alpha value is -14.3. The van der Waals surface area contributed by atoms with Crippen molar-refractivity contribution >= 4 is 67.5 Å². The highest BCUT2D eigenvalue weighted by Gasteiger charge is 2.13. The summed E-state index contributed by atoms with van der Waals surface area (Å²) in [6.07, 6.45) is 3.87. The largest absolute Gasteiger partial charge is 0.497 e. The van der Waals surface area contributed by atoms with Crippen molar-refractivity contribution < 1.29 is 32.3 Å². The van der Waals surface area contributed by atoms with Crippen LogP contribution < -0.4 is 19.5 Å². The van der Waals surface area contributed by atoms with E-state index in [9.17, 15) is 4.79 Å². The minimum Gasteiger partial charge on any atom is -0.497 e. The average Bonchev–Trinajstić information content (AvgIpc) is 1.65. The minimum atomic E-state index is -0.0411. The number of aliphatic imine (C=N–C) groups is 1. The number of aromatic amines is 2. The molecule has 132 heavy (non-hydrogen) atoms. The number of benzene rings is 13. The van der Waals surface area contributed by atoms with Gasteiger partial charge in [-0.1, -0.05) is 348 Å². The lowest BCUT2D eigenvalue weighted by molar-refractivity contribution is 0.0963. The van der Waals surface area contributed by atoms with Crippen LogP contribution in [-0.2, 0) is 12.8 Å². The predicted molar refractivity (Wildman–Crippen MR) is 569 cm³/mol. The van der Waals surface area contributed by atoms with Gasteiger partial charge in [0.2, 0.25) is 17.7 Å². The summed E-state index contributed by atoms with van der Waals surface area (Å²) in [6, 6.07) is 107. The van der Waals surface area contributed by atoms with Gasteiger partial charge in [0.1, 0.15) is 51.2 Å². The molecule has 0 bridgehead atoms. The molecule has 5 heterocycles. The number of carbonyl (C=O) groups is 1. The summed E-state index contributed by atoms with van der Waals surface area (Å²) in [7, 11) is 6.70. The molecule has 700 valence electrons. The van der Waals surface area contributed by atoms with E-state index in [0.717, 1.165) is 136 Å². The molecule has 0 saturated heterocycles. The van der Waals surface area contributed by atoms with E-state index in [0.29, 0.717) is 23.2 Å². The number of rotatable bonds is 13. The van der Waals surface area contributed by atoms with Gasteiger partial charge in [-0.25, -0.2) is 24.9 Å². The molecular formula is C116H149N9O7. The van der Waals surface area contributed by atoms with E-state index in [2.05, 4.69) is 90.2 Å². The SMILES string of the molecule is CC.CC.CC.CC.CC.CC.CC.CC.CC.CC.CC.CCc1ccc2oc(-c3ccccc3)nc2c1.CCc1ccc2oc(-c3ccccc3)nc2c1.CN=Cc1ccccc1.CNC(=O)c1ccccc1.COc1ccc(Oc2ccc3nc(-c4ccccc4)[nH]c3c2)cc1.COc1ccc2nc(-c3ccccc3)[nH]c2c1.Cc1ccc2oc(-c3ccccc3)nc2c1. The number of aromatic nitrogens is 7. The number of nitrogens with one attached hydrogen (secondary N) is 3. The molecule has 0 unspecified atom stereocenters. The molecule has 0 aliphatic heterocycles. The predicted octanol–water partition coefficient (Wildman–Crippen LogP) is 34.3. The molecule has 13 aromatic carbocycles. The van der Waals surface area contributed by atoms with Crippen LogP contribution in [-0.4, -0.2) is 75.3 Å². The third-order valence-electron chi connectivity index (χ3n) is 17.2. The summed E-state index contributed by atoms with van der Waals surface area (Å²) < 4.78 is 33.4. The quantitative estimate of drug-likeness (QED) is 0.0923. The fourth-order valence-corrected chi connectivity index (χ4v) is 11.4. The van der Waals surface area contributed by atoms with E-state index in [1.165, 1.54) is 16.7 Å². The Morgan fingerprint density at radius 2 is 0.636 bits per heavy atom. The fourth-order valence-electron chi connectivity index (χ4n) is 11.4. The van der Waals surface area contributed by atoms with Crippen LogP contribution in [0.4, 0.5) is 0 Å². The number of amides is 1. The molecular weight excluding hydrogens is 1630 g/mol. The van der Waals surface area contributed by atoms with E-state index >= 15 is 0 Å². The highest BCUT2D eigenvalue weighted by atomic mass is 16.5. The summed E-state index contributed by atoms with van der Waals surface area (Å²) in [5.41, 5.74) is 19.9. The van der Waals surface area contributed by atoms with Gasteiger partial charge >= 0.3 is 0 Å². The Labute approximate surface area is 790 Å². The fraction of sp³-hybridized carbons (Fsp3) is 0.267. The van der Waals surface area contributed by atoms with Gasteiger partial charge in [-0.2, -0.15) is 0 Å². The number of nitrogens with zero attached hydrogens (tertiary/aromatic N) is 6. The molecule has 0 aliphatic rings. The van der Waals surface area contributed by atoms with Crippen LogP contribution in [0.2, 0.25) is 0 Å². The van der Waals surface area contributed by atoms with Crippen LogP contribution >= 0.6 is 0 Å². The third-order valence-corrected chi connectivity index (χ3v) is 17.2. The zero-order chi connectivity index (χ0) is 98.2. The molecule has 16 nitrogen and oxygen atoms in total. The summed E-state index contributed by atoms with van der Waals surface area (Å²) in [4.78, 5) is 44.1. The first-order valence-electron chi connectivity index (χ1n) is 47.0. The van der Waals surface area contributed by atoms with E-state index in [4.69, 9.17) is 27.5 Å². The zero-order valence-electron chi connectivity index (χ0n) is 84.2. The highest BCUT2D eigenvalue weighted by molar-refractivity contribution is 5.94. The van der Waals surface area contributed by atoms with Gasteiger partial charge in [0.25, 0.3) is 5.91 Å². The summed E-state index contributed by atoms with van der Waals surface area (Å²) in [5.74, 6) is 6.92. The lowest BCUT2D eigenvalue weighted by Crippen LogP contribution is -2.17. The Balaban J connectivity index is 0.000000753. The number of H-pyrrole nitrogens is 2. The first-order valence-corrected chi connectivity index (χ1v) is 47.0. The number of imidazole rings is 2. The smallest absolute Gasteiger partial charge is 0.251 e. The molecule has 16 heteroatoms. The summed E-state index contributed by atoms with van der Waals surface area (Å²) in [6.45, 7) is 50.3. The normalized spacial score (nSPS) is 9.31. The van der Waals surface area contributed by atoms with Gasteiger partial charge in [-0.15, -0.1) is 0 Å². The molecule has 1 amide bonds. The molecule has 5 aromatic heterocycles. The van der Waals surface area contributed by atoms with Gasteiger partial charge in [0.15, 0.2) is 16.7 Å². The number of methoxy groups -OCH3 is 2. The second-order valence-electron chi connectivity index (χ2n) is 24.9. The molecule has 3 N–H and O–H groups in total. The van der Waals surface area contributed by atoms with Crippen molar-refractivity contribution in [3.05, 3.63) is 355 Å². The molecule has 0 fully saturated rings. The number of oxazole rings is 3. The van der Waals surface area contributed by atoms with Gasteiger partial charge in [-0.05, 0) is 175 Å². The van der Waals surface area contributed by atoms with Crippen molar-refractivity contribution in [1.82, 2.24) is 40.2 Å². The molecule has 0 atom stereocenters. The topological polar surface area (TPSA) is 205 Å². The molecule has 18 aromatic rings. The third kappa shape index (κ3) is 39.0. The molecule has 0 radical (unpaired) electrons. The minimum absolute atomic E-state index is 0.0411. The van der Waals surface area contributed by atoms with Crippen molar-refractivity contribution in [3.63, 3.8) is 0 Å². The van der Waals surface area contributed by atoms with Crippen molar-refractivity contribution in [2.75, 3.05) is 28.3 Å². The van der Waals surface area contributed by atoms with Gasteiger partial charge in [-0.3, -0.25) is 9.79 Å². The number of carbonyl (C=O) groups excluding carboxylic acids is 1. The van der Waals surface area contributed by atoms with Crippen molar-refractivity contribution in [2.45, 2.75) is 186 Å². The van der Waals surface area contributed by atoms with E-state index < -0.39 is 0 Å². The maximum atomic E-state index is 10.9. The second kappa shape index (κ2) is 71.7. The van der Waals surface area contributed by atoms with Crippen LogP contribution in [0.5, 0.6) is 23.0 Å². The van der Waals surface area contributed by atoms with E-state index in [1.807, 2.05) is 450 Å². The molecule has 0 saturated carbocycles. The highest BCUT2D eigenvalue weighted by Crippen LogP contribution is 2.31. The van der Waals surface area contributed by atoms with Crippen molar-refractivity contribution in [2.24, 2.45) is 4.99 Å². The standard InChI is InChI=1S/C20H16N2O2.2C15H13NO.C14H12N2O.C14H11NO.C8H9NO.C8H9N.11C2H6/c1-23-15-7-9-16(10-8-15)24-17-11-12-18-19(13-17)22-20(21-18)14-5-3-2-4-6-14;2*1-2-11-8-9-14-13(10-11)16-15(17-14)12-6-4-3-5-7-12;1-17-11-7-8-12-13(9-11)16-14(15-12)10-5-3-2-4-6-10;1-10-7-8-13-12(9-10)15-14(16-13)11-5-3-2-4-6-11;1-9-8(10)7-5-3-2-4-6-7;1-9-7-8-5-3-2-4-6-8;11*1-2/h2-13H,1H3,(H,21,22);2*3-10H,2H2,1H3;2-9H,1H3,(H,15,16);2-9H,1H3;2-6H,1H3,(H,9,10);2-7H,1H3;11*1-2H3. The summed E-state index contributed by atoms with van der Waals surface area (Å²) in [5, 5.41) is 2.54. The van der Waals surface area contributed by atoms with Crippen LogP contribution in [0.25, 0.3) is 113 Å². The number of fused-ring (bicyclic) bond motifs is 5. The van der Waals surface area contributed by atoms with Gasteiger partial charge < -0.3 is 42.7 Å². The number of ether oxygens (including phenoxy) is 3. The van der Waals surface area contributed by atoms with Gasteiger partial charge in [0.05, 0.1) is 36.3 Å². The van der Waals surface area contributed by atoms with E-state index in [-0.39, 0.29) is 5.91 Å². The maximum Gasteiger partial charge on any atom is 0.251 e. The Morgan fingerprint density at radius 3 is 0.977 bits per heavy atom. The van der Waals surface area contributed by atoms with Crippen molar-refractivity contribution in [3.8, 4) is 80.1 Å². The van der Waals surface area contributed by atoms with Crippen LogP contribution in [0.3, 0.4) is 0 Å². The van der Waals surface area contributed by atoms with Crippen LogP contribution in [0.15, 0.2) is 346 Å². The Kier molecular flexibility index (Phi) is 62.8. The molecule has 0 spiro atoms. The first-order chi connectivity index (χ1) is 65.0. The molecule has 18 rings (SSSR count). The lowest BCUT2D eigenvalue weighted by Gasteiger charge is -2.06. The van der Waals surface area contributed by atoms with Gasteiger partial charge in [0, 0.05) is 65.8 Å². The number of hydrogen-bond donors (Lipinski definition) is 3. The maximum absolute atomic E-state index is 10.9.